The number of nitrogens with zero attached hydrogens (tertiary/aromatic N) is 3. The van der Waals surface area contributed by atoms with Gasteiger partial charge in [0.25, 0.3) is 0 Å². The van der Waals surface area contributed by atoms with E-state index in [4.69, 9.17) is 10.5 Å². The van der Waals surface area contributed by atoms with Gasteiger partial charge in [0, 0.05) is 19.6 Å². The number of rotatable bonds is 5. The molecule has 0 unspecified atom stereocenters. The molecular formula is C16H24N4O. The second-order valence-corrected chi connectivity index (χ2v) is 5.57. The molecular weight excluding hydrogens is 264 g/mol. The van der Waals surface area contributed by atoms with Gasteiger partial charge in [0.1, 0.15) is 5.75 Å². The Labute approximate surface area is 126 Å². The summed E-state index contributed by atoms with van der Waals surface area (Å²) >= 11 is 0. The van der Waals surface area contributed by atoms with Gasteiger partial charge >= 0.3 is 0 Å². The third-order valence-corrected chi connectivity index (χ3v) is 3.53. The number of hydrogen-bond acceptors (Lipinski definition) is 4. The minimum absolute atomic E-state index is 0.273. The summed E-state index contributed by atoms with van der Waals surface area (Å²) in [4.78, 5) is 2.14. The Bertz CT molecular complexity index is 601. The van der Waals surface area contributed by atoms with E-state index in [1.165, 1.54) is 5.56 Å². The van der Waals surface area contributed by atoms with Crippen molar-refractivity contribution in [1.82, 2.24) is 9.78 Å². The molecule has 5 nitrogen and oxygen atoms in total. The number of methoxy groups -OCH3 is 1. The number of benzene rings is 1. The molecule has 0 fully saturated rings. The molecule has 114 valence electrons. The van der Waals surface area contributed by atoms with Crippen LogP contribution in [0.3, 0.4) is 0 Å². The van der Waals surface area contributed by atoms with Crippen LogP contribution in [0, 0.1) is 6.92 Å². The van der Waals surface area contributed by atoms with Gasteiger partial charge in [-0.1, -0.05) is 12.1 Å². The van der Waals surface area contributed by atoms with E-state index < -0.39 is 0 Å². The number of aromatic nitrogens is 2. The Morgan fingerprint density at radius 2 is 1.90 bits per heavy atom. The number of anilines is 2. The average molecular weight is 288 g/mol. The molecule has 2 aromatic rings. The molecule has 0 radical (unpaired) electrons. The second-order valence-electron chi connectivity index (χ2n) is 5.57. The van der Waals surface area contributed by atoms with E-state index in [0.29, 0.717) is 0 Å². The lowest BCUT2D eigenvalue weighted by Gasteiger charge is -2.23. The topological polar surface area (TPSA) is 56.3 Å². The van der Waals surface area contributed by atoms with Gasteiger partial charge in [-0.15, -0.1) is 0 Å². The Morgan fingerprint density at radius 1 is 1.29 bits per heavy atom. The van der Waals surface area contributed by atoms with E-state index in [-0.39, 0.29) is 6.04 Å². The molecule has 0 saturated carbocycles. The van der Waals surface area contributed by atoms with E-state index in [9.17, 15) is 0 Å². The minimum atomic E-state index is 0.273. The molecule has 0 aliphatic heterocycles. The van der Waals surface area contributed by atoms with Gasteiger partial charge in [0.15, 0.2) is 5.82 Å². The standard InChI is InChI=1S/C16H24N4O/c1-11(2)20-16(15(17)12(3)18-20)19(4)10-13-6-8-14(21-5)9-7-13/h6-9,11H,10,17H2,1-5H3. The molecule has 0 saturated heterocycles. The normalized spacial score (nSPS) is 11.0. The number of nitrogen functional groups attached to an aromatic ring is 1. The first-order valence-corrected chi connectivity index (χ1v) is 7.12. The van der Waals surface area contributed by atoms with E-state index >= 15 is 0 Å². The van der Waals surface area contributed by atoms with Gasteiger partial charge in [-0.3, -0.25) is 0 Å². The summed E-state index contributed by atoms with van der Waals surface area (Å²) in [5.74, 6) is 1.84. The van der Waals surface area contributed by atoms with Crippen LogP contribution >= 0.6 is 0 Å². The highest BCUT2D eigenvalue weighted by Crippen LogP contribution is 2.29. The fourth-order valence-electron chi connectivity index (χ4n) is 2.37. The SMILES string of the molecule is COc1ccc(CN(C)c2c(N)c(C)nn2C(C)C)cc1. The molecule has 0 aliphatic rings. The summed E-state index contributed by atoms with van der Waals surface area (Å²) in [6.07, 6.45) is 0. The van der Waals surface area contributed by atoms with Crippen molar-refractivity contribution in [2.75, 3.05) is 24.8 Å². The van der Waals surface area contributed by atoms with Crippen molar-refractivity contribution in [2.24, 2.45) is 0 Å². The Morgan fingerprint density at radius 3 is 2.43 bits per heavy atom. The molecule has 1 aromatic heterocycles. The first kappa shape index (κ1) is 15.2. The summed E-state index contributed by atoms with van der Waals surface area (Å²) < 4.78 is 7.16. The Hall–Kier alpha value is -2.17. The van der Waals surface area contributed by atoms with Gasteiger partial charge in [0.2, 0.25) is 0 Å². The molecule has 1 aromatic carbocycles. The van der Waals surface area contributed by atoms with E-state index in [1.807, 2.05) is 30.8 Å². The van der Waals surface area contributed by atoms with Crippen LogP contribution in [0.5, 0.6) is 5.75 Å². The van der Waals surface area contributed by atoms with E-state index in [2.05, 4.69) is 36.0 Å². The first-order chi connectivity index (χ1) is 9.93. The van der Waals surface area contributed by atoms with Crippen LogP contribution in [0.15, 0.2) is 24.3 Å². The zero-order valence-electron chi connectivity index (χ0n) is 13.4. The van der Waals surface area contributed by atoms with Crippen LogP contribution in [0.1, 0.15) is 31.1 Å². The lowest BCUT2D eigenvalue weighted by atomic mass is 10.2. The maximum atomic E-state index is 6.20. The third-order valence-electron chi connectivity index (χ3n) is 3.53. The molecule has 0 aliphatic carbocycles. The van der Waals surface area contributed by atoms with Gasteiger partial charge in [0.05, 0.1) is 18.5 Å². The smallest absolute Gasteiger partial charge is 0.150 e. The van der Waals surface area contributed by atoms with E-state index in [1.54, 1.807) is 7.11 Å². The lowest BCUT2D eigenvalue weighted by molar-refractivity contribution is 0.414. The Kier molecular flexibility index (Phi) is 4.40. The van der Waals surface area contributed by atoms with Crippen molar-refractivity contribution in [3.63, 3.8) is 0 Å². The first-order valence-electron chi connectivity index (χ1n) is 7.12. The summed E-state index contributed by atoms with van der Waals surface area (Å²) in [7, 11) is 3.71. The van der Waals surface area contributed by atoms with Crippen LogP contribution in [-0.2, 0) is 6.54 Å². The number of aryl methyl sites for hydroxylation is 1. The third kappa shape index (κ3) is 3.12. The quantitative estimate of drug-likeness (QED) is 0.919. The van der Waals surface area contributed by atoms with Gasteiger partial charge < -0.3 is 15.4 Å². The van der Waals surface area contributed by atoms with Crippen molar-refractivity contribution >= 4 is 11.5 Å². The van der Waals surface area contributed by atoms with Crippen LogP contribution in [-0.4, -0.2) is 23.9 Å². The number of nitrogens with two attached hydrogens (primary N) is 1. The number of ether oxygens (including phenoxy) is 1. The highest BCUT2D eigenvalue weighted by molar-refractivity contribution is 5.66. The molecule has 2 N–H and O–H groups in total. The second kappa shape index (κ2) is 6.08. The van der Waals surface area contributed by atoms with Crippen LogP contribution < -0.4 is 15.4 Å². The van der Waals surface area contributed by atoms with Gasteiger partial charge in [-0.2, -0.15) is 5.10 Å². The zero-order chi connectivity index (χ0) is 15.6. The molecule has 21 heavy (non-hydrogen) atoms. The predicted octanol–water partition coefficient (Wildman–Crippen LogP) is 3.00. The molecule has 0 amide bonds. The molecule has 0 spiro atoms. The maximum absolute atomic E-state index is 6.20. The highest BCUT2D eigenvalue weighted by Gasteiger charge is 2.18. The van der Waals surface area contributed by atoms with Crippen molar-refractivity contribution < 1.29 is 4.74 Å². The molecule has 0 bridgehead atoms. The van der Waals surface area contributed by atoms with Gasteiger partial charge in [-0.25, -0.2) is 4.68 Å². The Balaban J connectivity index is 2.25. The van der Waals surface area contributed by atoms with Crippen LogP contribution in [0.4, 0.5) is 11.5 Å². The van der Waals surface area contributed by atoms with Crippen LogP contribution in [0.2, 0.25) is 0 Å². The predicted molar refractivity (Wildman–Crippen MR) is 86.9 cm³/mol. The highest BCUT2D eigenvalue weighted by atomic mass is 16.5. The van der Waals surface area contributed by atoms with Gasteiger partial charge in [-0.05, 0) is 38.5 Å². The zero-order valence-corrected chi connectivity index (χ0v) is 13.4. The number of hydrogen-bond donors (Lipinski definition) is 1. The fraction of sp³-hybridized carbons (Fsp3) is 0.438. The summed E-state index contributed by atoms with van der Waals surface area (Å²) in [5, 5.41) is 4.53. The summed E-state index contributed by atoms with van der Waals surface area (Å²) in [6.45, 7) is 6.93. The summed E-state index contributed by atoms with van der Waals surface area (Å²) in [6, 6.07) is 8.34. The molecule has 1 heterocycles. The average Bonchev–Trinajstić information content (AvgIpc) is 2.76. The minimum Gasteiger partial charge on any atom is -0.497 e. The monoisotopic (exact) mass is 288 g/mol. The molecule has 5 heteroatoms. The van der Waals surface area contributed by atoms with Crippen molar-refractivity contribution in [2.45, 2.75) is 33.4 Å². The molecule has 2 rings (SSSR count). The largest absolute Gasteiger partial charge is 0.497 e. The summed E-state index contributed by atoms with van der Waals surface area (Å²) in [5.41, 5.74) is 9.02. The fourth-order valence-corrected chi connectivity index (χ4v) is 2.37. The van der Waals surface area contributed by atoms with Crippen molar-refractivity contribution in [3.8, 4) is 5.75 Å². The maximum Gasteiger partial charge on any atom is 0.150 e. The lowest BCUT2D eigenvalue weighted by Crippen LogP contribution is -2.22. The molecule has 0 atom stereocenters. The van der Waals surface area contributed by atoms with Crippen LogP contribution in [0.25, 0.3) is 0 Å². The van der Waals surface area contributed by atoms with E-state index in [0.717, 1.165) is 29.5 Å². The van der Waals surface area contributed by atoms with Crippen molar-refractivity contribution in [1.29, 1.82) is 0 Å². The van der Waals surface area contributed by atoms with Crippen molar-refractivity contribution in [3.05, 3.63) is 35.5 Å².